The molecular weight excluding hydrogens is 524 g/mol. The van der Waals surface area contributed by atoms with Gasteiger partial charge >= 0.3 is 18.0 Å². The van der Waals surface area contributed by atoms with Crippen LogP contribution in [0.25, 0.3) is 0 Å². The highest BCUT2D eigenvalue weighted by molar-refractivity contribution is 5.34. The summed E-state index contributed by atoms with van der Waals surface area (Å²) in [5.41, 5.74) is -2.36. The van der Waals surface area contributed by atoms with Crippen molar-refractivity contribution in [1.29, 1.82) is 0 Å². The van der Waals surface area contributed by atoms with E-state index in [2.05, 4.69) is 21.9 Å². The highest BCUT2D eigenvalue weighted by Gasteiger charge is 2.36. The van der Waals surface area contributed by atoms with Crippen molar-refractivity contribution in [2.75, 3.05) is 39.8 Å². The Morgan fingerprint density at radius 2 is 1.41 bits per heavy atom. The second-order valence-corrected chi connectivity index (χ2v) is 9.91. The molecule has 0 spiro atoms. The molecule has 0 amide bonds. The molecule has 6 nitrogen and oxygen atoms in total. The van der Waals surface area contributed by atoms with Crippen LogP contribution < -0.4 is 5.69 Å². The van der Waals surface area contributed by atoms with Gasteiger partial charge in [-0.15, -0.1) is 0 Å². The largest absolute Gasteiger partial charge is 0.416 e. The molecule has 0 bridgehead atoms. The van der Waals surface area contributed by atoms with E-state index in [1.54, 1.807) is 0 Å². The van der Waals surface area contributed by atoms with Gasteiger partial charge in [-0.3, -0.25) is 4.57 Å². The number of aryl methyl sites for hydroxylation is 3. The third kappa shape index (κ3) is 7.72. The first-order valence-corrected chi connectivity index (χ1v) is 12.8. The van der Waals surface area contributed by atoms with Crippen molar-refractivity contribution in [3.63, 3.8) is 0 Å². The molecule has 1 aliphatic rings. The third-order valence-corrected chi connectivity index (χ3v) is 6.91. The number of hydrogen-bond acceptors (Lipinski definition) is 4. The van der Waals surface area contributed by atoms with Crippen LogP contribution in [0.15, 0.2) is 53.3 Å². The molecule has 0 saturated carbocycles. The van der Waals surface area contributed by atoms with Gasteiger partial charge in [-0.1, -0.05) is 30.3 Å². The normalized spacial score (nSPS) is 15.7. The number of piperazine rings is 1. The van der Waals surface area contributed by atoms with Crippen LogP contribution in [0.2, 0.25) is 0 Å². The molecule has 0 N–H and O–H groups in total. The number of nitrogens with zero attached hydrogens (tertiary/aromatic N) is 5. The maximum Gasteiger partial charge on any atom is 0.416 e. The van der Waals surface area contributed by atoms with E-state index in [9.17, 15) is 31.1 Å². The lowest BCUT2D eigenvalue weighted by molar-refractivity contribution is -0.143. The Labute approximate surface area is 222 Å². The highest BCUT2D eigenvalue weighted by Crippen LogP contribution is 2.36. The zero-order valence-corrected chi connectivity index (χ0v) is 21.6. The van der Waals surface area contributed by atoms with Gasteiger partial charge in [0.05, 0.1) is 17.7 Å². The summed E-state index contributed by atoms with van der Waals surface area (Å²) in [6.07, 6.45) is -9.28. The summed E-state index contributed by atoms with van der Waals surface area (Å²) in [4.78, 5) is 17.8. The SMILES string of the molecule is CN1CCN(CCCn2nc(CCc3cc(C(F)(F)F)cc(C(F)(F)F)c3)n(Cc3ccccc3)c2=O)CC1. The van der Waals surface area contributed by atoms with Gasteiger partial charge in [0.2, 0.25) is 0 Å². The first kappa shape index (κ1) is 28.9. The molecule has 3 aromatic rings. The van der Waals surface area contributed by atoms with Crippen LogP contribution in [0.5, 0.6) is 0 Å². The summed E-state index contributed by atoms with van der Waals surface area (Å²) in [5.74, 6) is 0.314. The molecule has 0 atom stereocenters. The summed E-state index contributed by atoms with van der Waals surface area (Å²) in [7, 11) is 2.07. The standard InChI is InChI=1S/C27H31F6N5O/c1-35-12-14-36(15-13-35)10-5-11-38-25(39)37(19-20-6-3-2-4-7-20)24(34-38)9-8-21-16-22(26(28,29)30)18-23(17-21)27(31,32)33/h2-4,6-7,16-18H,5,8-15,19H2,1H3. The molecular formula is C27H31F6N5O. The average Bonchev–Trinajstić information content (AvgIpc) is 3.17. The lowest BCUT2D eigenvalue weighted by atomic mass is 10.0. The van der Waals surface area contributed by atoms with Crippen molar-refractivity contribution in [3.05, 3.63) is 87.1 Å². The van der Waals surface area contributed by atoms with Crippen LogP contribution in [0, 0.1) is 0 Å². The van der Waals surface area contributed by atoms with Crippen LogP contribution in [-0.2, 0) is 38.3 Å². The van der Waals surface area contributed by atoms with E-state index in [1.807, 2.05) is 30.3 Å². The summed E-state index contributed by atoms with van der Waals surface area (Å²) < 4.78 is 82.6. The molecule has 0 aliphatic carbocycles. The second kappa shape index (κ2) is 12.0. The lowest BCUT2D eigenvalue weighted by Gasteiger charge is -2.32. The van der Waals surface area contributed by atoms with Gasteiger partial charge in [0, 0.05) is 45.7 Å². The fourth-order valence-corrected chi connectivity index (χ4v) is 4.68. The summed E-state index contributed by atoms with van der Waals surface area (Å²) in [6, 6.07) is 10.7. The van der Waals surface area contributed by atoms with Crippen molar-refractivity contribution >= 4 is 0 Å². The molecule has 0 unspecified atom stereocenters. The molecule has 1 aliphatic heterocycles. The molecule has 1 saturated heterocycles. The maximum absolute atomic E-state index is 13.3. The third-order valence-electron chi connectivity index (χ3n) is 6.91. The minimum Gasteiger partial charge on any atom is -0.304 e. The van der Waals surface area contributed by atoms with E-state index >= 15 is 0 Å². The van der Waals surface area contributed by atoms with E-state index in [1.165, 1.54) is 9.25 Å². The van der Waals surface area contributed by atoms with Gasteiger partial charge in [-0.25, -0.2) is 9.48 Å². The van der Waals surface area contributed by atoms with E-state index in [0.717, 1.165) is 50.4 Å². The predicted molar refractivity (Wildman–Crippen MR) is 134 cm³/mol. The van der Waals surface area contributed by atoms with Gasteiger partial charge in [-0.2, -0.15) is 31.4 Å². The monoisotopic (exact) mass is 555 g/mol. The van der Waals surface area contributed by atoms with Crippen molar-refractivity contribution in [2.45, 2.75) is 44.7 Å². The molecule has 2 aromatic carbocycles. The van der Waals surface area contributed by atoms with Gasteiger partial charge in [0.15, 0.2) is 0 Å². The number of aromatic nitrogens is 3. The van der Waals surface area contributed by atoms with Crippen LogP contribution in [0.4, 0.5) is 26.3 Å². The summed E-state index contributed by atoms with van der Waals surface area (Å²) in [6.45, 7) is 5.19. The minimum atomic E-state index is -4.92. The molecule has 2 heterocycles. The van der Waals surface area contributed by atoms with Crippen molar-refractivity contribution in [2.24, 2.45) is 0 Å². The number of hydrogen-bond donors (Lipinski definition) is 0. The van der Waals surface area contributed by atoms with E-state index in [0.29, 0.717) is 18.8 Å². The van der Waals surface area contributed by atoms with Crippen LogP contribution in [-0.4, -0.2) is 63.9 Å². The Hall–Kier alpha value is -3.12. The van der Waals surface area contributed by atoms with E-state index in [4.69, 9.17) is 0 Å². The second-order valence-electron chi connectivity index (χ2n) is 9.91. The first-order valence-electron chi connectivity index (χ1n) is 12.8. The Bertz CT molecular complexity index is 1260. The first-order chi connectivity index (χ1) is 18.4. The molecule has 12 heteroatoms. The lowest BCUT2D eigenvalue weighted by Crippen LogP contribution is -2.44. The van der Waals surface area contributed by atoms with Crippen LogP contribution in [0.3, 0.4) is 0 Å². The summed E-state index contributed by atoms with van der Waals surface area (Å²) in [5, 5.41) is 4.45. The fourth-order valence-electron chi connectivity index (χ4n) is 4.68. The number of rotatable bonds is 9. The van der Waals surface area contributed by atoms with Crippen molar-refractivity contribution < 1.29 is 26.3 Å². The number of alkyl halides is 6. The molecule has 1 aromatic heterocycles. The van der Waals surface area contributed by atoms with Crippen LogP contribution >= 0.6 is 0 Å². The topological polar surface area (TPSA) is 46.3 Å². The fraction of sp³-hybridized carbons (Fsp3) is 0.481. The quantitative estimate of drug-likeness (QED) is 0.364. The van der Waals surface area contributed by atoms with Crippen molar-refractivity contribution in [3.8, 4) is 0 Å². The zero-order chi connectivity index (χ0) is 28.2. The number of benzene rings is 2. The van der Waals surface area contributed by atoms with Gasteiger partial charge < -0.3 is 9.80 Å². The molecule has 0 radical (unpaired) electrons. The van der Waals surface area contributed by atoms with E-state index in [-0.39, 0.29) is 36.7 Å². The van der Waals surface area contributed by atoms with Gasteiger partial charge in [0.1, 0.15) is 5.82 Å². The Morgan fingerprint density at radius 1 is 0.795 bits per heavy atom. The maximum atomic E-state index is 13.3. The molecule has 4 rings (SSSR count). The van der Waals surface area contributed by atoms with Gasteiger partial charge in [-0.05, 0) is 49.2 Å². The summed E-state index contributed by atoms with van der Waals surface area (Å²) >= 11 is 0. The minimum absolute atomic E-state index is 0.00609. The number of likely N-dealkylation sites (N-methyl/N-ethyl adjacent to an activating group) is 1. The van der Waals surface area contributed by atoms with Crippen LogP contribution in [0.1, 0.15) is 34.5 Å². The average molecular weight is 556 g/mol. The predicted octanol–water partition coefficient (Wildman–Crippen LogP) is 4.55. The number of halogens is 6. The zero-order valence-electron chi connectivity index (χ0n) is 21.6. The highest BCUT2D eigenvalue weighted by atomic mass is 19.4. The van der Waals surface area contributed by atoms with Gasteiger partial charge in [0.25, 0.3) is 0 Å². The smallest absolute Gasteiger partial charge is 0.304 e. The Balaban J connectivity index is 1.55. The molecule has 212 valence electrons. The van der Waals surface area contributed by atoms with E-state index < -0.39 is 23.5 Å². The molecule has 1 fully saturated rings. The van der Waals surface area contributed by atoms with Crippen molar-refractivity contribution in [1.82, 2.24) is 24.1 Å². The molecule has 39 heavy (non-hydrogen) atoms. The Morgan fingerprint density at radius 3 is 2.00 bits per heavy atom. The Kier molecular flexibility index (Phi) is 8.85.